The summed E-state index contributed by atoms with van der Waals surface area (Å²) in [5.74, 6) is 1.52. The van der Waals surface area contributed by atoms with E-state index in [1.807, 2.05) is 86.9 Å². The van der Waals surface area contributed by atoms with Crippen LogP contribution in [0.15, 0.2) is 95.8 Å². The third-order valence-electron chi connectivity index (χ3n) is 5.53. The van der Waals surface area contributed by atoms with Gasteiger partial charge >= 0.3 is 5.69 Å². The van der Waals surface area contributed by atoms with Gasteiger partial charge in [-0.1, -0.05) is 24.3 Å². The van der Waals surface area contributed by atoms with Gasteiger partial charge in [-0.25, -0.2) is 9.63 Å². The summed E-state index contributed by atoms with van der Waals surface area (Å²) in [4.78, 5) is 20.7. The zero-order valence-electron chi connectivity index (χ0n) is 20.3. The molecule has 2 aromatic carbocycles. The highest BCUT2D eigenvalue weighted by atomic mass is 16.6. The van der Waals surface area contributed by atoms with Crippen molar-refractivity contribution >= 4 is 17.1 Å². The van der Waals surface area contributed by atoms with E-state index >= 15 is 0 Å². The summed E-state index contributed by atoms with van der Waals surface area (Å²) in [5.41, 5.74) is 4.92. The van der Waals surface area contributed by atoms with E-state index in [0.717, 1.165) is 47.4 Å². The molecule has 0 aliphatic heterocycles. The van der Waals surface area contributed by atoms with Gasteiger partial charge in [0, 0.05) is 37.2 Å². The maximum atomic E-state index is 13.3. The molecule has 0 saturated carbocycles. The summed E-state index contributed by atoms with van der Waals surface area (Å²) >= 11 is 0. The van der Waals surface area contributed by atoms with Crippen LogP contribution in [0.4, 0.5) is 11.4 Å². The molecule has 35 heavy (non-hydrogen) atoms. The molecule has 0 amide bonds. The number of aromatic nitrogens is 2. The number of nitrogens with zero attached hydrogens (tertiary/aromatic N) is 3. The highest BCUT2D eigenvalue weighted by molar-refractivity contribution is 5.65. The van der Waals surface area contributed by atoms with Crippen LogP contribution in [0.2, 0.25) is 0 Å². The number of imidazole rings is 1. The van der Waals surface area contributed by atoms with Crippen LogP contribution in [-0.4, -0.2) is 48.3 Å². The number of ether oxygens (including phenoxy) is 1. The fourth-order valence-corrected chi connectivity index (χ4v) is 3.75. The molecule has 3 N–H and O–H groups in total. The maximum Gasteiger partial charge on any atom is 0.337 e. The lowest BCUT2D eigenvalue weighted by Crippen LogP contribution is -2.76. The zero-order valence-corrected chi connectivity index (χ0v) is 20.3. The smallest absolute Gasteiger partial charge is 0.337 e. The number of rotatable bonds is 10. The van der Waals surface area contributed by atoms with Crippen molar-refractivity contribution < 1.29 is 15.1 Å². The topological polar surface area (TPSA) is 77.3 Å². The molecule has 0 bridgehead atoms. The van der Waals surface area contributed by atoms with E-state index in [4.69, 9.17) is 9.57 Å². The average molecular weight is 475 g/mol. The molecule has 3 aromatic rings. The van der Waals surface area contributed by atoms with Gasteiger partial charge in [0.25, 0.3) is 0 Å². The first-order valence-electron chi connectivity index (χ1n) is 11.6. The summed E-state index contributed by atoms with van der Waals surface area (Å²) in [5, 5.41) is 3.43. The summed E-state index contributed by atoms with van der Waals surface area (Å²) in [7, 11) is 5.69. The highest BCUT2D eigenvalue weighted by Gasteiger charge is 2.13. The van der Waals surface area contributed by atoms with E-state index < -0.39 is 0 Å². The third-order valence-corrected chi connectivity index (χ3v) is 5.53. The number of quaternary nitrogens is 1. The number of hydrogen-bond acceptors (Lipinski definition) is 5. The normalized spacial score (nSPS) is 13.4. The third kappa shape index (κ3) is 6.19. The Balaban J connectivity index is 1.53. The second kappa shape index (κ2) is 11.5. The van der Waals surface area contributed by atoms with E-state index in [9.17, 15) is 4.79 Å². The van der Waals surface area contributed by atoms with Crippen LogP contribution in [0.1, 0.15) is 6.42 Å². The fraction of sp³-hybridized carbons (Fsp3) is 0.222. The number of hydrogen-bond donors (Lipinski definition) is 2. The van der Waals surface area contributed by atoms with Crippen LogP contribution in [0, 0.1) is 0 Å². The molecule has 4 rings (SSSR count). The first-order chi connectivity index (χ1) is 17.0. The molecule has 0 fully saturated rings. The zero-order chi connectivity index (χ0) is 24.6. The fourth-order valence-electron chi connectivity index (χ4n) is 3.75. The van der Waals surface area contributed by atoms with Crippen molar-refractivity contribution in [3.05, 3.63) is 101 Å². The number of allylic oxidation sites excluding steroid dienone is 5. The standard InChI is InChI=1S/C27H31N5O3/c1-30(2)17-16-28-25-15-13-22(20-26(25)29-34-3)32-19-18-31(27(32)33)21-8-7-11-24(14-12-21)35-23-9-5-4-6-10-23/h4-6,8-15,18-20,28-29H,7,16-17H2,1-3H3/p+1. The van der Waals surface area contributed by atoms with Crippen molar-refractivity contribution in [2.45, 2.75) is 6.42 Å². The van der Waals surface area contributed by atoms with Crippen molar-refractivity contribution in [2.24, 2.45) is 0 Å². The minimum absolute atomic E-state index is 0.148. The lowest BCUT2D eigenvalue weighted by molar-refractivity contribution is -0.829. The van der Waals surface area contributed by atoms with Crippen molar-refractivity contribution in [2.75, 3.05) is 39.6 Å². The molecule has 0 spiro atoms. The quantitative estimate of drug-likeness (QED) is 0.349. The number of anilines is 1. The first-order valence-corrected chi connectivity index (χ1v) is 11.6. The van der Waals surface area contributed by atoms with Gasteiger partial charge in [0.1, 0.15) is 11.5 Å². The van der Waals surface area contributed by atoms with Crippen molar-refractivity contribution in [1.29, 1.82) is 0 Å². The van der Waals surface area contributed by atoms with Crippen LogP contribution in [0.25, 0.3) is 11.4 Å². The van der Waals surface area contributed by atoms with Crippen LogP contribution < -0.4 is 21.2 Å². The molecular weight excluding hydrogens is 442 g/mol. The van der Waals surface area contributed by atoms with Crippen LogP contribution in [0.5, 0.6) is 5.75 Å². The second-order valence-corrected chi connectivity index (χ2v) is 8.40. The summed E-state index contributed by atoms with van der Waals surface area (Å²) in [6, 6.07) is 15.5. The van der Waals surface area contributed by atoms with E-state index in [1.54, 1.807) is 34.1 Å². The largest absolute Gasteiger partial charge is 0.458 e. The Kier molecular flexibility index (Phi) is 7.99. The molecule has 0 unspecified atom stereocenters. The van der Waals surface area contributed by atoms with E-state index in [0.29, 0.717) is 6.42 Å². The van der Waals surface area contributed by atoms with E-state index in [2.05, 4.69) is 10.2 Å². The predicted molar refractivity (Wildman–Crippen MR) is 139 cm³/mol. The highest BCUT2D eigenvalue weighted by Crippen LogP contribution is 2.22. The Morgan fingerprint density at radius 1 is 1.03 bits per heavy atom. The van der Waals surface area contributed by atoms with Crippen molar-refractivity contribution in [3.8, 4) is 11.4 Å². The Bertz CT molecular complexity index is 1290. The Morgan fingerprint density at radius 3 is 2.60 bits per heavy atom. The van der Waals surface area contributed by atoms with Gasteiger partial charge in [-0.05, 0) is 63.0 Å². The molecule has 8 heteroatoms. The van der Waals surface area contributed by atoms with Gasteiger partial charge in [-0.3, -0.25) is 9.13 Å². The SMILES string of the molecule is CO[NH2+]c1cc(-n2ccn(C3=CCC=C(Oc4ccccc4)C=C3)c2=O)ccc1NCCN(C)C. The van der Waals surface area contributed by atoms with Crippen LogP contribution in [0.3, 0.4) is 0 Å². The molecule has 0 atom stereocenters. The number of nitrogens with one attached hydrogen (secondary N) is 1. The molecule has 0 saturated heterocycles. The summed E-state index contributed by atoms with van der Waals surface area (Å²) in [6.45, 7) is 1.71. The number of benzene rings is 2. The van der Waals surface area contributed by atoms with E-state index in [1.165, 1.54) is 0 Å². The Hall–Kier alpha value is -3.85. The minimum Gasteiger partial charge on any atom is -0.458 e. The van der Waals surface area contributed by atoms with Gasteiger partial charge in [-0.15, -0.1) is 0 Å². The molecule has 0 radical (unpaired) electrons. The number of nitrogens with two attached hydrogens (primary N) is 1. The van der Waals surface area contributed by atoms with Crippen LogP contribution >= 0.6 is 0 Å². The van der Waals surface area contributed by atoms with Gasteiger partial charge in [0.05, 0.1) is 18.5 Å². The Morgan fingerprint density at radius 2 is 1.83 bits per heavy atom. The number of likely N-dealkylation sites (N-methyl/N-ethyl adjacent to an activating group) is 1. The summed E-state index contributed by atoms with van der Waals surface area (Å²) in [6.07, 6.45) is 12.0. The van der Waals surface area contributed by atoms with Gasteiger partial charge < -0.3 is 15.0 Å². The Labute approximate surface area is 205 Å². The lowest BCUT2D eigenvalue weighted by atomic mass is 10.2. The molecule has 8 nitrogen and oxygen atoms in total. The molecule has 1 aliphatic rings. The maximum absolute atomic E-state index is 13.3. The second-order valence-electron chi connectivity index (χ2n) is 8.40. The molecule has 182 valence electrons. The van der Waals surface area contributed by atoms with Crippen LogP contribution in [-0.2, 0) is 4.84 Å². The van der Waals surface area contributed by atoms with Gasteiger partial charge in [-0.2, -0.15) is 5.48 Å². The molecule has 1 heterocycles. The molecule has 1 aliphatic carbocycles. The van der Waals surface area contributed by atoms with E-state index in [-0.39, 0.29) is 5.69 Å². The van der Waals surface area contributed by atoms with Gasteiger partial charge in [0.15, 0.2) is 5.69 Å². The van der Waals surface area contributed by atoms with Crippen molar-refractivity contribution in [1.82, 2.24) is 14.0 Å². The van der Waals surface area contributed by atoms with Crippen molar-refractivity contribution in [3.63, 3.8) is 0 Å². The molecule has 1 aromatic heterocycles. The van der Waals surface area contributed by atoms with Gasteiger partial charge in [0.2, 0.25) is 0 Å². The number of para-hydroxylation sites is 1. The first kappa shape index (κ1) is 24.3. The predicted octanol–water partition coefficient (Wildman–Crippen LogP) is 3.13. The lowest BCUT2D eigenvalue weighted by Gasteiger charge is -2.13. The average Bonchev–Trinajstić information content (AvgIpc) is 3.08. The minimum atomic E-state index is -0.148. The molecular formula is C27H32N5O3+. The summed E-state index contributed by atoms with van der Waals surface area (Å²) < 4.78 is 9.20. The monoisotopic (exact) mass is 474 g/mol.